The van der Waals surface area contributed by atoms with Gasteiger partial charge >= 0.3 is 0 Å². The molecule has 0 saturated carbocycles. The molecule has 0 aromatic rings. The summed E-state index contributed by atoms with van der Waals surface area (Å²) in [5, 5.41) is 2.97. The summed E-state index contributed by atoms with van der Waals surface area (Å²) < 4.78 is 0. The van der Waals surface area contributed by atoms with Crippen molar-refractivity contribution in [3.63, 3.8) is 0 Å². The van der Waals surface area contributed by atoms with Crippen molar-refractivity contribution in [2.45, 2.75) is 66.8 Å². The van der Waals surface area contributed by atoms with Gasteiger partial charge in [-0.2, -0.15) is 0 Å². The topological polar surface area (TPSA) is 72.2 Å². The summed E-state index contributed by atoms with van der Waals surface area (Å²) in [6.45, 7) is 13.7. The lowest BCUT2D eigenvalue weighted by atomic mass is 9.70. The monoisotopic (exact) mass is 270 g/mol. The summed E-state index contributed by atoms with van der Waals surface area (Å²) >= 11 is 0. The molecule has 1 unspecified atom stereocenters. The average Bonchev–Trinajstić information content (AvgIpc) is 2.11. The fraction of sp³-hybridized carbons (Fsp3) is 0.867. The normalized spacial score (nSPS) is 15.7. The smallest absolute Gasteiger partial charge is 0.224 e. The number of carbonyl (C=O) groups excluding carboxylic acids is 2. The maximum Gasteiger partial charge on any atom is 0.224 e. The Labute approximate surface area is 117 Å². The van der Waals surface area contributed by atoms with Gasteiger partial charge in [-0.1, -0.05) is 34.1 Å². The quantitative estimate of drug-likeness (QED) is 0.805. The van der Waals surface area contributed by atoms with Crippen LogP contribution in [0.2, 0.25) is 0 Å². The summed E-state index contributed by atoms with van der Waals surface area (Å²) in [6, 6.07) is 0. The number of nitrogens with one attached hydrogen (secondary N) is 1. The van der Waals surface area contributed by atoms with Crippen LogP contribution in [0, 0.1) is 17.3 Å². The first-order valence-electron chi connectivity index (χ1n) is 7.01. The van der Waals surface area contributed by atoms with E-state index in [1.807, 2.05) is 48.5 Å². The number of rotatable bonds is 5. The Morgan fingerprint density at radius 3 is 1.84 bits per heavy atom. The van der Waals surface area contributed by atoms with Crippen LogP contribution in [0.4, 0.5) is 0 Å². The summed E-state index contributed by atoms with van der Waals surface area (Å²) in [6.07, 6.45) is 1.48. The van der Waals surface area contributed by atoms with Gasteiger partial charge in [-0.3, -0.25) is 9.59 Å². The molecule has 0 aliphatic heterocycles. The van der Waals surface area contributed by atoms with Gasteiger partial charge in [-0.25, -0.2) is 0 Å². The molecule has 0 aromatic heterocycles. The maximum atomic E-state index is 12.5. The summed E-state index contributed by atoms with van der Waals surface area (Å²) in [5.74, 6) is -1.28. The van der Waals surface area contributed by atoms with E-state index in [1.165, 1.54) is 0 Å². The van der Waals surface area contributed by atoms with Crippen LogP contribution in [-0.2, 0) is 9.59 Å². The van der Waals surface area contributed by atoms with E-state index < -0.39 is 11.8 Å². The number of nitrogens with two attached hydrogens (primary N) is 1. The lowest BCUT2D eigenvalue weighted by Crippen LogP contribution is -2.51. The van der Waals surface area contributed by atoms with Gasteiger partial charge in [-0.05, 0) is 32.6 Å². The first-order valence-corrected chi connectivity index (χ1v) is 7.01. The van der Waals surface area contributed by atoms with Gasteiger partial charge in [0, 0.05) is 11.5 Å². The van der Waals surface area contributed by atoms with Crippen LogP contribution in [0.25, 0.3) is 0 Å². The average molecular weight is 270 g/mol. The maximum absolute atomic E-state index is 12.5. The second-order valence-corrected chi connectivity index (χ2v) is 7.38. The molecule has 4 heteroatoms. The second-order valence-electron chi connectivity index (χ2n) is 7.38. The third kappa shape index (κ3) is 6.08. The molecular formula is C15H30N2O2. The van der Waals surface area contributed by atoms with Gasteiger partial charge in [-0.15, -0.1) is 0 Å². The number of amides is 2. The molecule has 0 bridgehead atoms. The molecule has 0 saturated heterocycles. The van der Waals surface area contributed by atoms with Crippen LogP contribution in [0.15, 0.2) is 0 Å². The lowest BCUT2D eigenvalue weighted by molar-refractivity contribution is -0.139. The number of hydrogen-bond acceptors (Lipinski definition) is 2. The van der Waals surface area contributed by atoms with Crippen LogP contribution < -0.4 is 11.1 Å². The van der Waals surface area contributed by atoms with E-state index in [2.05, 4.69) is 5.32 Å². The number of primary amides is 1. The van der Waals surface area contributed by atoms with Crippen molar-refractivity contribution >= 4 is 11.8 Å². The van der Waals surface area contributed by atoms with E-state index in [1.54, 1.807) is 0 Å². The van der Waals surface area contributed by atoms with Crippen molar-refractivity contribution in [3.05, 3.63) is 0 Å². The zero-order valence-corrected chi connectivity index (χ0v) is 13.5. The lowest BCUT2D eigenvalue weighted by Gasteiger charge is -2.36. The zero-order valence-electron chi connectivity index (χ0n) is 13.5. The van der Waals surface area contributed by atoms with Gasteiger partial charge in [0.05, 0.1) is 5.92 Å². The Bertz CT molecular complexity index is 324. The first kappa shape index (κ1) is 17.9. The SMILES string of the molecule is CCC[C@H](C(N)=O)C(C(=O)NC(C)(C)C)C(C)(C)C. The molecule has 0 aliphatic rings. The van der Waals surface area contributed by atoms with Crippen molar-refractivity contribution in [2.24, 2.45) is 23.0 Å². The zero-order chi connectivity index (χ0) is 15.4. The van der Waals surface area contributed by atoms with Crippen molar-refractivity contribution < 1.29 is 9.59 Å². The Hall–Kier alpha value is -1.06. The van der Waals surface area contributed by atoms with Gasteiger partial charge in [0.15, 0.2) is 0 Å². The van der Waals surface area contributed by atoms with E-state index in [0.29, 0.717) is 6.42 Å². The third-order valence-corrected chi connectivity index (χ3v) is 3.08. The first-order chi connectivity index (χ1) is 8.40. The predicted molar refractivity (Wildman–Crippen MR) is 78.4 cm³/mol. The van der Waals surface area contributed by atoms with Crippen molar-refractivity contribution in [3.8, 4) is 0 Å². The molecule has 2 amide bonds. The highest BCUT2D eigenvalue weighted by atomic mass is 16.2. The fourth-order valence-corrected chi connectivity index (χ4v) is 2.41. The third-order valence-electron chi connectivity index (χ3n) is 3.08. The summed E-state index contributed by atoms with van der Waals surface area (Å²) in [7, 11) is 0. The van der Waals surface area contributed by atoms with Crippen LogP contribution in [0.1, 0.15) is 61.3 Å². The van der Waals surface area contributed by atoms with E-state index in [-0.39, 0.29) is 22.8 Å². The summed E-state index contributed by atoms with van der Waals surface area (Å²) in [4.78, 5) is 24.2. The van der Waals surface area contributed by atoms with Gasteiger partial charge in [0.1, 0.15) is 0 Å². The molecular weight excluding hydrogens is 240 g/mol. The molecule has 3 N–H and O–H groups in total. The Morgan fingerprint density at radius 1 is 1.11 bits per heavy atom. The Balaban J connectivity index is 5.32. The standard InChI is InChI=1S/C15H30N2O2/c1-8-9-10(12(16)18)11(14(2,3)4)13(19)17-15(5,6)7/h10-11H,8-9H2,1-7H3,(H2,16,18)(H,17,19)/t10-,11?/m0/s1. The van der Waals surface area contributed by atoms with Gasteiger partial charge < -0.3 is 11.1 Å². The minimum atomic E-state index is -0.410. The molecule has 19 heavy (non-hydrogen) atoms. The largest absolute Gasteiger partial charge is 0.369 e. The molecule has 0 fully saturated rings. The highest BCUT2D eigenvalue weighted by Crippen LogP contribution is 2.35. The Morgan fingerprint density at radius 2 is 1.58 bits per heavy atom. The predicted octanol–water partition coefficient (Wildman–Crippen LogP) is 2.46. The second kappa shape index (κ2) is 6.40. The van der Waals surface area contributed by atoms with Crippen molar-refractivity contribution in [1.29, 1.82) is 0 Å². The van der Waals surface area contributed by atoms with Crippen molar-refractivity contribution in [2.75, 3.05) is 0 Å². The molecule has 0 rings (SSSR count). The summed E-state index contributed by atoms with van der Waals surface area (Å²) in [5.41, 5.74) is 4.89. The van der Waals surface area contributed by atoms with Crippen LogP contribution in [0.3, 0.4) is 0 Å². The highest BCUT2D eigenvalue weighted by Gasteiger charge is 2.41. The Kier molecular flexibility index (Phi) is 6.04. The van der Waals surface area contributed by atoms with E-state index in [4.69, 9.17) is 5.73 Å². The van der Waals surface area contributed by atoms with E-state index in [9.17, 15) is 9.59 Å². The molecule has 0 radical (unpaired) electrons. The fourth-order valence-electron chi connectivity index (χ4n) is 2.41. The molecule has 0 spiro atoms. The molecule has 112 valence electrons. The van der Waals surface area contributed by atoms with Crippen LogP contribution in [0.5, 0.6) is 0 Å². The molecule has 0 heterocycles. The van der Waals surface area contributed by atoms with Gasteiger partial charge in [0.25, 0.3) is 0 Å². The van der Waals surface area contributed by atoms with Crippen molar-refractivity contribution in [1.82, 2.24) is 5.32 Å². The molecule has 0 aliphatic carbocycles. The highest BCUT2D eigenvalue weighted by molar-refractivity contribution is 5.87. The molecule has 0 aromatic carbocycles. The van der Waals surface area contributed by atoms with Crippen LogP contribution >= 0.6 is 0 Å². The minimum absolute atomic E-state index is 0.0859. The van der Waals surface area contributed by atoms with E-state index in [0.717, 1.165) is 6.42 Å². The van der Waals surface area contributed by atoms with Crippen LogP contribution in [-0.4, -0.2) is 17.4 Å². The van der Waals surface area contributed by atoms with E-state index >= 15 is 0 Å². The molecule has 2 atom stereocenters. The number of hydrogen-bond donors (Lipinski definition) is 2. The number of carbonyl (C=O) groups is 2. The minimum Gasteiger partial charge on any atom is -0.369 e. The molecule has 4 nitrogen and oxygen atoms in total. The van der Waals surface area contributed by atoms with Gasteiger partial charge in [0.2, 0.25) is 11.8 Å².